The molecule has 0 saturated heterocycles. The predicted octanol–water partition coefficient (Wildman–Crippen LogP) is 7.78. The lowest BCUT2D eigenvalue weighted by Gasteiger charge is -2.07. The standard InChI is InChI=1S/C28H22O/c1-2-7-18-9-5-12-24-25-13-6-11-23(28(25)29-27(18)24)21-15-14-20-16-19-8-3-4-10-22(19)26(20)17-21/h3-6,8-15,17H,2,7,16H2,1H3. The number of fused-ring (bicyclic) bond motifs is 6. The number of furan rings is 1. The minimum absolute atomic E-state index is 0.997. The van der Waals surface area contributed by atoms with E-state index < -0.39 is 0 Å². The summed E-state index contributed by atoms with van der Waals surface area (Å²) in [5, 5.41) is 2.43. The number of para-hydroxylation sites is 2. The molecule has 0 radical (unpaired) electrons. The minimum Gasteiger partial charge on any atom is -0.455 e. The third-order valence-electron chi connectivity index (χ3n) is 6.23. The van der Waals surface area contributed by atoms with Gasteiger partial charge in [0.15, 0.2) is 0 Å². The van der Waals surface area contributed by atoms with E-state index >= 15 is 0 Å². The van der Waals surface area contributed by atoms with E-state index in [1.54, 1.807) is 0 Å². The Balaban J connectivity index is 1.58. The molecule has 29 heavy (non-hydrogen) atoms. The van der Waals surface area contributed by atoms with Crippen molar-refractivity contribution in [2.75, 3.05) is 0 Å². The Hall–Kier alpha value is -3.32. The van der Waals surface area contributed by atoms with E-state index in [1.807, 2.05) is 0 Å². The maximum atomic E-state index is 6.51. The quantitative estimate of drug-likeness (QED) is 0.308. The van der Waals surface area contributed by atoms with Crippen molar-refractivity contribution in [3.8, 4) is 22.3 Å². The molecule has 0 saturated carbocycles. The van der Waals surface area contributed by atoms with Crippen LogP contribution >= 0.6 is 0 Å². The van der Waals surface area contributed by atoms with Crippen LogP contribution in [0.1, 0.15) is 30.0 Å². The van der Waals surface area contributed by atoms with Gasteiger partial charge in [0, 0.05) is 16.3 Å². The second kappa shape index (κ2) is 6.35. The topological polar surface area (TPSA) is 13.1 Å². The van der Waals surface area contributed by atoms with Crippen molar-refractivity contribution < 1.29 is 4.42 Å². The van der Waals surface area contributed by atoms with Gasteiger partial charge in [0.25, 0.3) is 0 Å². The van der Waals surface area contributed by atoms with Gasteiger partial charge in [-0.3, -0.25) is 0 Å². The molecule has 0 spiro atoms. The van der Waals surface area contributed by atoms with Crippen LogP contribution in [-0.4, -0.2) is 0 Å². The summed E-state index contributed by atoms with van der Waals surface area (Å²) in [7, 11) is 0. The van der Waals surface area contributed by atoms with Crippen LogP contribution < -0.4 is 0 Å². The highest BCUT2D eigenvalue weighted by Gasteiger charge is 2.20. The average Bonchev–Trinajstić information content (AvgIpc) is 3.32. The molecule has 5 aromatic rings. The summed E-state index contributed by atoms with van der Waals surface area (Å²) in [6, 6.07) is 28.7. The van der Waals surface area contributed by atoms with Gasteiger partial charge in [0.1, 0.15) is 11.2 Å². The fourth-order valence-electron chi connectivity index (χ4n) is 4.86. The highest BCUT2D eigenvalue weighted by molar-refractivity contribution is 6.10. The highest BCUT2D eigenvalue weighted by atomic mass is 16.3. The van der Waals surface area contributed by atoms with E-state index in [-0.39, 0.29) is 0 Å². The number of hydrogen-bond donors (Lipinski definition) is 0. The summed E-state index contributed by atoms with van der Waals surface area (Å²) in [5.41, 5.74) is 11.3. The Morgan fingerprint density at radius 3 is 2.34 bits per heavy atom. The van der Waals surface area contributed by atoms with Crippen LogP contribution in [-0.2, 0) is 12.8 Å². The van der Waals surface area contributed by atoms with E-state index in [0.29, 0.717) is 0 Å². The van der Waals surface area contributed by atoms with E-state index in [9.17, 15) is 0 Å². The number of rotatable bonds is 3. The molecule has 4 aromatic carbocycles. The Bertz CT molecular complexity index is 1390. The molecule has 140 valence electrons. The second-order valence-corrected chi connectivity index (χ2v) is 8.03. The molecular weight excluding hydrogens is 352 g/mol. The Kier molecular flexibility index (Phi) is 3.64. The van der Waals surface area contributed by atoms with Gasteiger partial charge in [0.05, 0.1) is 0 Å². The van der Waals surface area contributed by atoms with Gasteiger partial charge in [-0.2, -0.15) is 0 Å². The van der Waals surface area contributed by atoms with Crippen molar-refractivity contribution >= 4 is 21.9 Å². The molecule has 1 aromatic heterocycles. The molecular formula is C28H22O. The molecule has 0 amide bonds. The average molecular weight is 374 g/mol. The third-order valence-corrected chi connectivity index (χ3v) is 6.23. The summed E-state index contributed by atoms with van der Waals surface area (Å²) >= 11 is 0. The maximum absolute atomic E-state index is 6.51. The first-order valence-electron chi connectivity index (χ1n) is 10.5. The van der Waals surface area contributed by atoms with Crippen LogP contribution in [0.4, 0.5) is 0 Å². The number of aryl methyl sites for hydroxylation is 1. The molecule has 1 nitrogen and oxygen atoms in total. The highest BCUT2D eigenvalue weighted by Crippen LogP contribution is 2.41. The largest absolute Gasteiger partial charge is 0.455 e. The van der Waals surface area contributed by atoms with Gasteiger partial charge in [-0.25, -0.2) is 0 Å². The minimum atomic E-state index is 0.997. The van der Waals surface area contributed by atoms with Crippen LogP contribution in [0.25, 0.3) is 44.2 Å². The molecule has 1 aliphatic rings. The Morgan fingerprint density at radius 2 is 1.45 bits per heavy atom. The Labute approximate surface area is 170 Å². The normalized spacial score (nSPS) is 12.4. The van der Waals surface area contributed by atoms with Crippen LogP contribution in [0, 0.1) is 0 Å². The lowest BCUT2D eigenvalue weighted by molar-refractivity contribution is 0.662. The second-order valence-electron chi connectivity index (χ2n) is 8.03. The molecule has 0 atom stereocenters. The first-order valence-corrected chi connectivity index (χ1v) is 10.5. The van der Waals surface area contributed by atoms with Crippen molar-refractivity contribution in [2.45, 2.75) is 26.2 Å². The third kappa shape index (κ3) is 2.47. The zero-order chi connectivity index (χ0) is 19.4. The van der Waals surface area contributed by atoms with Crippen molar-refractivity contribution in [1.29, 1.82) is 0 Å². The summed E-state index contributed by atoms with van der Waals surface area (Å²) in [6.07, 6.45) is 3.19. The molecule has 0 fully saturated rings. The molecule has 0 N–H and O–H groups in total. The van der Waals surface area contributed by atoms with Crippen molar-refractivity contribution in [2.24, 2.45) is 0 Å². The first kappa shape index (κ1) is 16.6. The molecule has 6 rings (SSSR count). The van der Waals surface area contributed by atoms with Gasteiger partial charge in [-0.1, -0.05) is 86.1 Å². The smallest absolute Gasteiger partial charge is 0.143 e. The van der Waals surface area contributed by atoms with Crippen molar-refractivity contribution in [3.63, 3.8) is 0 Å². The van der Waals surface area contributed by atoms with Crippen LogP contribution in [0.3, 0.4) is 0 Å². The number of hydrogen-bond acceptors (Lipinski definition) is 1. The summed E-state index contributed by atoms with van der Waals surface area (Å²) < 4.78 is 6.51. The monoisotopic (exact) mass is 374 g/mol. The van der Waals surface area contributed by atoms with Gasteiger partial charge in [0.2, 0.25) is 0 Å². The first-order chi connectivity index (χ1) is 14.3. The zero-order valence-electron chi connectivity index (χ0n) is 16.5. The van der Waals surface area contributed by atoms with Crippen molar-refractivity contribution in [3.05, 3.63) is 95.6 Å². The fourth-order valence-corrected chi connectivity index (χ4v) is 4.86. The summed E-state index contributed by atoms with van der Waals surface area (Å²) in [4.78, 5) is 0. The molecule has 0 unspecified atom stereocenters. The van der Waals surface area contributed by atoms with E-state index in [2.05, 4.69) is 85.8 Å². The zero-order valence-corrected chi connectivity index (χ0v) is 16.5. The van der Waals surface area contributed by atoms with Crippen LogP contribution in [0.15, 0.2) is 83.3 Å². The Morgan fingerprint density at radius 1 is 0.690 bits per heavy atom. The lowest BCUT2D eigenvalue weighted by Crippen LogP contribution is -1.83. The SMILES string of the molecule is CCCc1cccc2c1oc1c(-c3ccc4c(c3)-c3ccccc3C4)cccc12. The van der Waals surface area contributed by atoms with Crippen molar-refractivity contribution in [1.82, 2.24) is 0 Å². The summed E-state index contributed by atoms with van der Waals surface area (Å²) in [5.74, 6) is 0. The molecule has 1 aliphatic carbocycles. The van der Waals surface area contributed by atoms with Gasteiger partial charge in [-0.15, -0.1) is 0 Å². The van der Waals surface area contributed by atoms with Gasteiger partial charge in [-0.05, 0) is 52.3 Å². The maximum Gasteiger partial charge on any atom is 0.143 e. The van der Waals surface area contributed by atoms with E-state index in [0.717, 1.165) is 30.4 Å². The molecule has 1 heterocycles. The molecule has 0 aliphatic heterocycles. The van der Waals surface area contributed by atoms with Crippen LogP contribution in [0.5, 0.6) is 0 Å². The van der Waals surface area contributed by atoms with Crippen LogP contribution in [0.2, 0.25) is 0 Å². The number of benzene rings is 4. The lowest BCUT2D eigenvalue weighted by atomic mass is 9.97. The predicted molar refractivity (Wildman–Crippen MR) is 121 cm³/mol. The van der Waals surface area contributed by atoms with Gasteiger partial charge >= 0.3 is 0 Å². The molecule has 1 heteroatoms. The fraction of sp³-hybridized carbons (Fsp3) is 0.143. The van der Waals surface area contributed by atoms with Gasteiger partial charge < -0.3 is 4.42 Å². The molecule has 0 bridgehead atoms. The summed E-state index contributed by atoms with van der Waals surface area (Å²) in [6.45, 7) is 2.22. The van der Waals surface area contributed by atoms with E-state index in [4.69, 9.17) is 4.42 Å². The van der Waals surface area contributed by atoms with E-state index in [1.165, 1.54) is 49.7 Å².